The molecule has 0 spiro atoms. The number of nitrogens with zero attached hydrogens (tertiary/aromatic N) is 4. The summed E-state index contributed by atoms with van der Waals surface area (Å²) in [4.78, 5) is 11.7. The van der Waals surface area contributed by atoms with Crippen molar-refractivity contribution >= 4 is 17.3 Å². The van der Waals surface area contributed by atoms with Crippen LogP contribution in [0.2, 0.25) is 0 Å². The number of piperidine rings is 1. The first-order valence-electron chi connectivity index (χ1n) is 8.11. The van der Waals surface area contributed by atoms with E-state index in [2.05, 4.69) is 19.6 Å². The van der Waals surface area contributed by atoms with E-state index in [-0.39, 0.29) is 0 Å². The van der Waals surface area contributed by atoms with E-state index in [1.807, 2.05) is 25.6 Å². The molecule has 2 unspecified atom stereocenters. The minimum Gasteiger partial charge on any atom is -0.372 e. The van der Waals surface area contributed by atoms with Gasteiger partial charge >= 0.3 is 0 Å². The van der Waals surface area contributed by atoms with Gasteiger partial charge in [0.1, 0.15) is 5.82 Å². The zero-order valence-corrected chi connectivity index (χ0v) is 12.6. The first kappa shape index (κ1) is 12.9. The molecular weight excluding hydrogens is 262 g/mol. The van der Waals surface area contributed by atoms with Gasteiger partial charge in [-0.2, -0.15) is 0 Å². The third-order valence-electron chi connectivity index (χ3n) is 5.20. The normalized spacial score (nSPS) is 25.9. The van der Waals surface area contributed by atoms with Gasteiger partial charge in [0.2, 0.25) is 0 Å². The molecule has 0 radical (unpaired) electrons. The second-order valence-electron chi connectivity index (χ2n) is 6.40. The Bertz CT molecular complexity index is 635. The van der Waals surface area contributed by atoms with E-state index in [9.17, 15) is 0 Å². The molecule has 112 valence electrons. The van der Waals surface area contributed by atoms with Crippen molar-refractivity contribution < 1.29 is 0 Å². The molecule has 3 heterocycles. The summed E-state index contributed by atoms with van der Waals surface area (Å²) in [5.74, 6) is 3.73. The molecule has 0 amide bonds. The topological polar surface area (TPSA) is 45.5 Å². The van der Waals surface area contributed by atoms with Gasteiger partial charge in [0.25, 0.3) is 0 Å². The molecule has 1 aliphatic heterocycles. The van der Waals surface area contributed by atoms with Crippen LogP contribution in [0.3, 0.4) is 0 Å². The lowest BCUT2D eigenvalue weighted by molar-refractivity contribution is 0.202. The van der Waals surface area contributed by atoms with Crippen molar-refractivity contribution in [3.63, 3.8) is 0 Å². The van der Waals surface area contributed by atoms with Crippen LogP contribution in [0.25, 0.3) is 5.65 Å². The Hall–Kier alpha value is -1.78. The monoisotopic (exact) mass is 285 g/mol. The molecule has 1 N–H and O–H groups in total. The largest absolute Gasteiger partial charge is 0.372 e. The van der Waals surface area contributed by atoms with Crippen LogP contribution in [0, 0.1) is 11.8 Å². The average molecular weight is 285 g/mol. The lowest BCUT2D eigenvalue weighted by Crippen LogP contribution is -2.42. The van der Waals surface area contributed by atoms with Gasteiger partial charge < -0.3 is 14.6 Å². The Kier molecular flexibility index (Phi) is 3.20. The van der Waals surface area contributed by atoms with Crippen LogP contribution in [0.5, 0.6) is 0 Å². The first-order chi connectivity index (χ1) is 10.3. The quantitative estimate of drug-likeness (QED) is 0.921. The van der Waals surface area contributed by atoms with E-state index in [1.165, 1.54) is 32.1 Å². The molecule has 0 bridgehead atoms. The zero-order chi connectivity index (χ0) is 14.2. The molecular formula is C16H23N5. The predicted molar refractivity (Wildman–Crippen MR) is 84.8 cm³/mol. The summed E-state index contributed by atoms with van der Waals surface area (Å²) < 4.78 is 2.07. The number of rotatable bonds is 2. The van der Waals surface area contributed by atoms with Crippen LogP contribution < -0.4 is 10.2 Å². The minimum absolute atomic E-state index is 0.850. The molecule has 5 nitrogen and oxygen atoms in total. The van der Waals surface area contributed by atoms with Gasteiger partial charge in [-0.1, -0.05) is 19.3 Å². The number of hydrogen-bond acceptors (Lipinski definition) is 4. The molecule has 4 rings (SSSR count). The molecule has 1 saturated heterocycles. The summed E-state index contributed by atoms with van der Waals surface area (Å²) in [5.41, 5.74) is 0.975. The Morgan fingerprint density at radius 3 is 2.90 bits per heavy atom. The highest BCUT2D eigenvalue weighted by atomic mass is 15.2. The standard InChI is InChI=1S/C16H23N5/c1-17-14-11-21-9-7-18-15(21)16(19-14)20-8-6-12-4-2-3-5-13(12)10-20/h7,9,11-13,17H,2-6,8,10H2,1H3. The summed E-state index contributed by atoms with van der Waals surface area (Å²) in [6.07, 6.45) is 12.8. The number of anilines is 2. The molecule has 2 aliphatic rings. The number of hydrogen-bond donors (Lipinski definition) is 1. The minimum atomic E-state index is 0.850. The second kappa shape index (κ2) is 5.20. The zero-order valence-electron chi connectivity index (χ0n) is 12.6. The van der Waals surface area contributed by atoms with Crippen LogP contribution in [-0.2, 0) is 0 Å². The lowest BCUT2D eigenvalue weighted by atomic mass is 9.75. The van der Waals surface area contributed by atoms with Crippen LogP contribution in [0.1, 0.15) is 32.1 Å². The van der Waals surface area contributed by atoms with Crippen molar-refractivity contribution in [2.24, 2.45) is 11.8 Å². The fraction of sp³-hybridized carbons (Fsp3) is 0.625. The first-order valence-corrected chi connectivity index (χ1v) is 8.11. The second-order valence-corrected chi connectivity index (χ2v) is 6.40. The van der Waals surface area contributed by atoms with Crippen LogP contribution in [0.15, 0.2) is 18.6 Å². The maximum atomic E-state index is 4.78. The third-order valence-corrected chi connectivity index (χ3v) is 5.20. The molecule has 1 aliphatic carbocycles. The van der Waals surface area contributed by atoms with Gasteiger partial charge in [0.05, 0.1) is 6.20 Å². The van der Waals surface area contributed by atoms with E-state index < -0.39 is 0 Å². The summed E-state index contributed by atoms with van der Waals surface area (Å²) >= 11 is 0. The summed E-state index contributed by atoms with van der Waals surface area (Å²) in [6, 6.07) is 0. The fourth-order valence-electron chi connectivity index (χ4n) is 4.04. The van der Waals surface area contributed by atoms with E-state index in [4.69, 9.17) is 4.98 Å². The van der Waals surface area contributed by atoms with Crippen LogP contribution in [-0.4, -0.2) is 34.5 Å². The number of imidazole rings is 1. The molecule has 2 fully saturated rings. The van der Waals surface area contributed by atoms with E-state index in [1.54, 1.807) is 0 Å². The molecule has 5 heteroatoms. The van der Waals surface area contributed by atoms with E-state index in [0.29, 0.717) is 0 Å². The SMILES string of the molecule is CNc1cn2ccnc2c(N2CCC3CCCCC3C2)n1. The number of aromatic nitrogens is 3. The fourth-order valence-corrected chi connectivity index (χ4v) is 4.04. The maximum Gasteiger partial charge on any atom is 0.180 e. The highest BCUT2D eigenvalue weighted by molar-refractivity contribution is 5.67. The summed E-state index contributed by atoms with van der Waals surface area (Å²) in [5, 5.41) is 3.16. The van der Waals surface area contributed by atoms with Gasteiger partial charge in [0, 0.05) is 32.5 Å². The molecule has 0 aromatic carbocycles. The molecule has 2 aromatic rings. The molecule has 21 heavy (non-hydrogen) atoms. The summed E-state index contributed by atoms with van der Waals surface area (Å²) in [7, 11) is 1.92. The van der Waals surface area contributed by atoms with Crippen molar-refractivity contribution in [3.8, 4) is 0 Å². The number of fused-ring (bicyclic) bond motifs is 2. The Morgan fingerprint density at radius 2 is 2.05 bits per heavy atom. The highest BCUT2D eigenvalue weighted by Gasteiger charge is 2.32. The maximum absolute atomic E-state index is 4.78. The van der Waals surface area contributed by atoms with E-state index >= 15 is 0 Å². The van der Waals surface area contributed by atoms with Crippen molar-refractivity contribution in [2.75, 3.05) is 30.4 Å². The van der Waals surface area contributed by atoms with Gasteiger partial charge in [-0.15, -0.1) is 0 Å². The van der Waals surface area contributed by atoms with Gasteiger partial charge in [0.15, 0.2) is 11.5 Å². The van der Waals surface area contributed by atoms with Crippen molar-refractivity contribution in [1.82, 2.24) is 14.4 Å². The molecule has 1 saturated carbocycles. The van der Waals surface area contributed by atoms with Crippen molar-refractivity contribution in [1.29, 1.82) is 0 Å². The third kappa shape index (κ3) is 2.24. The van der Waals surface area contributed by atoms with Gasteiger partial charge in [-0.05, 0) is 24.7 Å². The molecule has 2 aromatic heterocycles. The van der Waals surface area contributed by atoms with Crippen molar-refractivity contribution in [3.05, 3.63) is 18.6 Å². The Balaban J connectivity index is 1.67. The Labute approximate surface area is 125 Å². The molecule has 2 atom stereocenters. The van der Waals surface area contributed by atoms with Gasteiger partial charge in [-0.25, -0.2) is 9.97 Å². The van der Waals surface area contributed by atoms with Crippen LogP contribution in [0.4, 0.5) is 11.6 Å². The highest BCUT2D eigenvalue weighted by Crippen LogP contribution is 2.37. The Morgan fingerprint density at radius 1 is 1.19 bits per heavy atom. The van der Waals surface area contributed by atoms with Gasteiger partial charge in [-0.3, -0.25) is 0 Å². The lowest BCUT2D eigenvalue weighted by Gasteiger charge is -2.41. The van der Waals surface area contributed by atoms with Crippen LogP contribution >= 0.6 is 0 Å². The predicted octanol–water partition coefficient (Wildman–Crippen LogP) is 2.79. The van der Waals surface area contributed by atoms with Crippen molar-refractivity contribution in [2.45, 2.75) is 32.1 Å². The number of nitrogens with one attached hydrogen (secondary N) is 1. The summed E-state index contributed by atoms with van der Waals surface area (Å²) in [6.45, 7) is 2.26. The van der Waals surface area contributed by atoms with E-state index in [0.717, 1.165) is 42.2 Å². The smallest absolute Gasteiger partial charge is 0.180 e. The average Bonchev–Trinajstić information content (AvgIpc) is 3.01.